The second kappa shape index (κ2) is 10.1. The van der Waals surface area contributed by atoms with E-state index in [4.69, 9.17) is 23.2 Å². The summed E-state index contributed by atoms with van der Waals surface area (Å²) in [6.45, 7) is 0. The number of carbonyl (C=O) groups is 4. The van der Waals surface area contributed by atoms with Crippen LogP contribution in [0.2, 0.25) is 10.0 Å². The molecule has 3 aromatic carbocycles. The number of hydrazine groups is 1. The van der Waals surface area contributed by atoms with Crippen LogP contribution in [0.1, 0.15) is 22.3 Å². The van der Waals surface area contributed by atoms with Crippen molar-refractivity contribution in [3.05, 3.63) is 100 Å². The smallest absolute Gasteiger partial charge is 0.274 e. The molecule has 1 atom stereocenters. The van der Waals surface area contributed by atoms with Gasteiger partial charge in [0, 0.05) is 5.02 Å². The Morgan fingerprint density at radius 2 is 1.59 bits per heavy atom. The summed E-state index contributed by atoms with van der Waals surface area (Å²) in [5.74, 6) is -2.37. The molecule has 4 rings (SSSR count). The van der Waals surface area contributed by atoms with E-state index in [-0.39, 0.29) is 23.4 Å². The molecule has 0 aliphatic carbocycles. The topological polar surface area (TPSA) is 86.8 Å². The lowest BCUT2D eigenvalue weighted by atomic mass is 10.1. The van der Waals surface area contributed by atoms with E-state index in [0.29, 0.717) is 10.7 Å². The van der Waals surface area contributed by atoms with Crippen LogP contribution < -0.4 is 10.3 Å². The van der Waals surface area contributed by atoms with Crippen LogP contribution >= 0.6 is 23.2 Å². The van der Waals surface area contributed by atoms with E-state index >= 15 is 0 Å². The molecule has 1 N–H and O–H groups in total. The number of imide groups is 1. The molecule has 0 bridgehead atoms. The molecular formula is C25H19Cl2N3O4. The van der Waals surface area contributed by atoms with Gasteiger partial charge in [-0.1, -0.05) is 71.7 Å². The standard InChI is InChI=1S/C25H19Cl2N3O4/c26-17-11-12-19(20(27)14-17)24(33)30(28-22(31)13-16-7-3-1-4-8-16)21-15-23(32)29(25(21)34)18-9-5-2-6-10-18/h1-12,14,21H,13,15H2,(H,28,31). The van der Waals surface area contributed by atoms with Crippen molar-refractivity contribution in [3.63, 3.8) is 0 Å². The summed E-state index contributed by atoms with van der Waals surface area (Å²) in [6.07, 6.45) is -0.327. The highest BCUT2D eigenvalue weighted by molar-refractivity contribution is 6.37. The largest absolute Gasteiger partial charge is 0.274 e. The number of hydrogen-bond donors (Lipinski definition) is 1. The van der Waals surface area contributed by atoms with Gasteiger partial charge in [-0.2, -0.15) is 0 Å². The second-order valence-corrected chi connectivity index (χ2v) is 8.46. The molecule has 1 aliphatic heterocycles. The third-order valence-corrected chi connectivity index (χ3v) is 5.83. The highest BCUT2D eigenvalue weighted by atomic mass is 35.5. The van der Waals surface area contributed by atoms with Gasteiger partial charge in [0.2, 0.25) is 11.8 Å². The Hall–Kier alpha value is -3.68. The highest BCUT2D eigenvalue weighted by Gasteiger charge is 2.45. The molecule has 1 heterocycles. The van der Waals surface area contributed by atoms with Crippen LogP contribution in [0.5, 0.6) is 0 Å². The zero-order valence-corrected chi connectivity index (χ0v) is 19.3. The fraction of sp³-hybridized carbons (Fsp3) is 0.120. The third kappa shape index (κ3) is 4.95. The lowest BCUT2D eigenvalue weighted by molar-refractivity contribution is -0.128. The van der Waals surface area contributed by atoms with E-state index in [9.17, 15) is 19.2 Å². The molecule has 1 aliphatic rings. The van der Waals surface area contributed by atoms with Gasteiger partial charge >= 0.3 is 0 Å². The summed E-state index contributed by atoms with van der Waals surface area (Å²) in [5, 5.41) is 1.27. The predicted octanol–water partition coefficient (Wildman–Crippen LogP) is 4.04. The van der Waals surface area contributed by atoms with E-state index in [2.05, 4.69) is 5.43 Å². The van der Waals surface area contributed by atoms with E-state index < -0.39 is 29.7 Å². The number of rotatable bonds is 5. The first-order valence-corrected chi connectivity index (χ1v) is 11.1. The molecular weight excluding hydrogens is 477 g/mol. The molecule has 0 spiro atoms. The lowest BCUT2D eigenvalue weighted by Gasteiger charge is -2.28. The maximum atomic E-state index is 13.4. The Bertz CT molecular complexity index is 1250. The number of benzene rings is 3. The minimum atomic E-state index is -1.24. The summed E-state index contributed by atoms with van der Waals surface area (Å²) in [6, 6.07) is 20.3. The van der Waals surface area contributed by atoms with Gasteiger partial charge in [-0.05, 0) is 35.9 Å². The van der Waals surface area contributed by atoms with Gasteiger partial charge in [-0.3, -0.25) is 24.6 Å². The van der Waals surface area contributed by atoms with Gasteiger partial charge in [0.1, 0.15) is 6.04 Å². The van der Waals surface area contributed by atoms with Gasteiger partial charge in [0.05, 0.1) is 29.1 Å². The van der Waals surface area contributed by atoms with Gasteiger partial charge in [0.25, 0.3) is 11.8 Å². The Morgan fingerprint density at radius 1 is 0.941 bits per heavy atom. The fourth-order valence-electron chi connectivity index (χ4n) is 3.68. The molecule has 7 nitrogen and oxygen atoms in total. The molecule has 0 radical (unpaired) electrons. The molecule has 0 aromatic heterocycles. The van der Waals surface area contributed by atoms with Gasteiger partial charge < -0.3 is 0 Å². The number of amides is 4. The summed E-state index contributed by atoms with van der Waals surface area (Å²) < 4.78 is 0. The fourth-order valence-corrected chi connectivity index (χ4v) is 4.17. The number of nitrogens with one attached hydrogen (secondary N) is 1. The number of anilines is 1. The number of halogens is 2. The van der Waals surface area contributed by atoms with Crippen LogP contribution in [0.25, 0.3) is 0 Å². The lowest BCUT2D eigenvalue weighted by Crippen LogP contribution is -2.55. The Balaban J connectivity index is 1.65. The molecule has 0 saturated carbocycles. The van der Waals surface area contributed by atoms with Crippen LogP contribution in [0.15, 0.2) is 78.9 Å². The monoisotopic (exact) mass is 495 g/mol. The maximum absolute atomic E-state index is 13.4. The zero-order chi connectivity index (χ0) is 24.2. The van der Waals surface area contributed by atoms with Crippen molar-refractivity contribution in [2.75, 3.05) is 4.90 Å². The van der Waals surface area contributed by atoms with Crippen LogP contribution in [-0.2, 0) is 20.8 Å². The Kier molecular flexibility index (Phi) is 6.95. The quantitative estimate of drug-likeness (QED) is 0.427. The van der Waals surface area contributed by atoms with Crippen molar-refractivity contribution in [1.82, 2.24) is 10.4 Å². The van der Waals surface area contributed by atoms with Gasteiger partial charge in [0.15, 0.2) is 0 Å². The Morgan fingerprint density at radius 3 is 2.24 bits per heavy atom. The molecule has 1 saturated heterocycles. The van der Waals surface area contributed by atoms with E-state index in [1.54, 1.807) is 54.6 Å². The van der Waals surface area contributed by atoms with Crippen LogP contribution in [-0.4, -0.2) is 34.7 Å². The van der Waals surface area contributed by atoms with E-state index in [0.717, 1.165) is 15.5 Å². The summed E-state index contributed by atoms with van der Waals surface area (Å²) in [5.41, 5.74) is 3.66. The molecule has 3 aromatic rings. The molecule has 34 heavy (non-hydrogen) atoms. The zero-order valence-electron chi connectivity index (χ0n) is 17.8. The molecule has 9 heteroatoms. The summed E-state index contributed by atoms with van der Waals surface area (Å²) in [4.78, 5) is 53.3. The van der Waals surface area contributed by atoms with Crippen molar-refractivity contribution < 1.29 is 19.2 Å². The predicted molar refractivity (Wildman–Crippen MR) is 128 cm³/mol. The molecule has 1 unspecified atom stereocenters. The first-order valence-electron chi connectivity index (χ1n) is 10.4. The van der Waals surface area contributed by atoms with Crippen molar-refractivity contribution >= 4 is 52.5 Å². The first kappa shape index (κ1) is 23.5. The van der Waals surface area contributed by atoms with E-state index in [1.165, 1.54) is 18.2 Å². The van der Waals surface area contributed by atoms with Crippen molar-refractivity contribution in [3.8, 4) is 0 Å². The van der Waals surface area contributed by atoms with Crippen molar-refractivity contribution in [1.29, 1.82) is 0 Å². The van der Waals surface area contributed by atoms with Crippen LogP contribution in [0.3, 0.4) is 0 Å². The normalized spacial score (nSPS) is 15.4. The van der Waals surface area contributed by atoms with E-state index in [1.807, 2.05) is 6.07 Å². The van der Waals surface area contributed by atoms with Crippen LogP contribution in [0, 0.1) is 0 Å². The van der Waals surface area contributed by atoms with Crippen LogP contribution in [0.4, 0.5) is 5.69 Å². The summed E-state index contributed by atoms with van der Waals surface area (Å²) in [7, 11) is 0. The number of nitrogens with zero attached hydrogens (tertiary/aromatic N) is 2. The third-order valence-electron chi connectivity index (χ3n) is 5.28. The number of para-hydroxylation sites is 1. The summed E-state index contributed by atoms with van der Waals surface area (Å²) >= 11 is 12.2. The Labute approximate surface area is 205 Å². The van der Waals surface area contributed by atoms with Crippen molar-refractivity contribution in [2.24, 2.45) is 0 Å². The highest BCUT2D eigenvalue weighted by Crippen LogP contribution is 2.28. The first-order chi connectivity index (χ1) is 16.3. The van der Waals surface area contributed by atoms with Crippen molar-refractivity contribution in [2.45, 2.75) is 18.9 Å². The molecule has 4 amide bonds. The second-order valence-electron chi connectivity index (χ2n) is 7.62. The minimum absolute atomic E-state index is 0.0315. The van der Waals surface area contributed by atoms with Gasteiger partial charge in [-0.25, -0.2) is 9.91 Å². The average Bonchev–Trinajstić information content (AvgIpc) is 3.11. The van der Waals surface area contributed by atoms with Gasteiger partial charge in [-0.15, -0.1) is 0 Å². The number of hydrogen-bond acceptors (Lipinski definition) is 4. The average molecular weight is 496 g/mol. The molecule has 172 valence electrons. The molecule has 1 fully saturated rings. The number of carbonyl (C=O) groups excluding carboxylic acids is 4. The maximum Gasteiger partial charge on any atom is 0.274 e. The minimum Gasteiger partial charge on any atom is -0.274 e. The SMILES string of the molecule is O=C(Cc1ccccc1)NN(C(=O)c1ccc(Cl)cc1Cl)C1CC(=O)N(c2ccccc2)C1=O.